The average Bonchev–Trinajstić information content (AvgIpc) is 3.54. The van der Waals surface area contributed by atoms with Gasteiger partial charge in [-0.2, -0.15) is 0 Å². The van der Waals surface area contributed by atoms with Crippen LogP contribution in [0.15, 0.2) is 81.6 Å². The lowest BCUT2D eigenvalue weighted by atomic mass is 10.1. The number of ether oxygens (including phenoxy) is 1. The Hall–Kier alpha value is -4.12. The Morgan fingerprint density at radius 1 is 0.639 bits per heavy atom. The van der Waals surface area contributed by atoms with E-state index in [2.05, 4.69) is 26.0 Å². The Morgan fingerprint density at radius 2 is 1.19 bits per heavy atom. The first-order chi connectivity index (χ1) is 17.7. The molecule has 0 radical (unpaired) electrons. The van der Waals surface area contributed by atoms with Crippen LogP contribution in [0.5, 0.6) is 5.75 Å². The Balaban J connectivity index is 1.31. The van der Waals surface area contributed by atoms with E-state index in [0.29, 0.717) is 11.8 Å². The number of aryl methyl sites for hydroxylation is 1. The minimum atomic E-state index is 0.588. The van der Waals surface area contributed by atoms with E-state index in [1.165, 1.54) is 24.8 Å². The molecule has 0 aliphatic rings. The fourth-order valence-electron chi connectivity index (χ4n) is 4.53. The monoisotopic (exact) mass is 476 g/mol. The molecule has 180 valence electrons. The van der Waals surface area contributed by atoms with Gasteiger partial charge in [0.15, 0.2) is 11.2 Å². The minimum Gasteiger partial charge on any atom is -0.494 e. The van der Waals surface area contributed by atoms with Crippen molar-refractivity contribution in [2.24, 2.45) is 0 Å². The molecule has 0 amide bonds. The van der Waals surface area contributed by atoms with Gasteiger partial charge in [-0.15, -0.1) is 0 Å². The maximum absolute atomic E-state index is 6.27. The second-order valence-electron chi connectivity index (χ2n) is 9.26. The zero-order chi connectivity index (χ0) is 24.5. The van der Waals surface area contributed by atoms with Gasteiger partial charge in [-0.25, -0.2) is 9.97 Å². The van der Waals surface area contributed by atoms with Crippen molar-refractivity contribution in [3.8, 4) is 28.7 Å². The fraction of sp³-hybridized carbons (Fsp3) is 0.226. The van der Waals surface area contributed by atoms with Crippen molar-refractivity contribution >= 4 is 33.0 Å². The van der Waals surface area contributed by atoms with Crippen LogP contribution >= 0.6 is 0 Å². The molecule has 6 aromatic rings. The van der Waals surface area contributed by atoms with Crippen LogP contribution in [0.2, 0.25) is 0 Å². The van der Waals surface area contributed by atoms with Crippen molar-refractivity contribution in [1.82, 2.24) is 9.97 Å². The van der Waals surface area contributed by atoms with Crippen LogP contribution in [-0.2, 0) is 0 Å². The fourth-order valence-corrected chi connectivity index (χ4v) is 4.53. The molecule has 0 atom stereocenters. The number of unbranched alkanes of at least 4 members (excludes halogenated alkanes) is 3. The van der Waals surface area contributed by atoms with E-state index in [-0.39, 0.29) is 0 Å². The molecule has 0 bridgehead atoms. The van der Waals surface area contributed by atoms with Gasteiger partial charge in [0, 0.05) is 21.9 Å². The number of oxazole rings is 2. The van der Waals surface area contributed by atoms with Gasteiger partial charge in [0.2, 0.25) is 11.8 Å². The number of fused-ring (bicyclic) bond motifs is 5. The molecule has 0 N–H and O–H groups in total. The second kappa shape index (κ2) is 9.50. The van der Waals surface area contributed by atoms with Gasteiger partial charge in [-0.1, -0.05) is 43.9 Å². The highest BCUT2D eigenvalue weighted by Gasteiger charge is 2.16. The average molecular weight is 477 g/mol. The van der Waals surface area contributed by atoms with E-state index in [9.17, 15) is 0 Å². The third-order valence-electron chi connectivity index (χ3n) is 6.57. The molecule has 36 heavy (non-hydrogen) atoms. The molecule has 4 aromatic carbocycles. The molecule has 0 saturated carbocycles. The number of aromatic nitrogens is 2. The lowest BCUT2D eigenvalue weighted by Crippen LogP contribution is -1.96. The lowest BCUT2D eigenvalue weighted by molar-refractivity contribution is 0.305. The highest BCUT2D eigenvalue weighted by Crippen LogP contribution is 2.36. The van der Waals surface area contributed by atoms with Crippen molar-refractivity contribution in [2.75, 3.05) is 6.61 Å². The molecular formula is C31H28N2O3. The molecule has 0 spiro atoms. The predicted octanol–water partition coefficient (Wildman–Crippen LogP) is 8.72. The molecule has 5 nitrogen and oxygen atoms in total. The topological polar surface area (TPSA) is 61.3 Å². The number of benzene rings is 4. The predicted molar refractivity (Wildman–Crippen MR) is 144 cm³/mol. The molecule has 5 heteroatoms. The van der Waals surface area contributed by atoms with Gasteiger partial charge in [-0.05, 0) is 74.0 Å². The summed E-state index contributed by atoms with van der Waals surface area (Å²) >= 11 is 0. The van der Waals surface area contributed by atoms with E-state index < -0.39 is 0 Å². The highest BCUT2D eigenvalue weighted by atomic mass is 16.5. The van der Waals surface area contributed by atoms with Crippen molar-refractivity contribution in [1.29, 1.82) is 0 Å². The molecule has 0 aliphatic heterocycles. The third-order valence-corrected chi connectivity index (χ3v) is 6.57. The van der Waals surface area contributed by atoms with Crippen LogP contribution in [-0.4, -0.2) is 16.6 Å². The zero-order valence-electron chi connectivity index (χ0n) is 20.6. The van der Waals surface area contributed by atoms with Crippen LogP contribution in [0.4, 0.5) is 0 Å². The summed E-state index contributed by atoms with van der Waals surface area (Å²) in [7, 11) is 0. The molecular weight excluding hydrogens is 448 g/mol. The van der Waals surface area contributed by atoms with Gasteiger partial charge in [0.25, 0.3) is 0 Å². The van der Waals surface area contributed by atoms with Gasteiger partial charge in [-0.3, -0.25) is 0 Å². The van der Waals surface area contributed by atoms with Crippen molar-refractivity contribution < 1.29 is 13.6 Å². The van der Waals surface area contributed by atoms with Gasteiger partial charge >= 0.3 is 0 Å². The summed E-state index contributed by atoms with van der Waals surface area (Å²) in [6.07, 6.45) is 4.77. The number of hydrogen-bond acceptors (Lipinski definition) is 5. The van der Waals surface area contributed by atoms with Crippen LogP contribution in [0.25, 0.3) is 55.9 Å². The van der Waals surface area contributed by atoms with Gasteiger partial charge in [0.05, 0.1) is 6.61 Å². The Labute approximate surface area is 209 Å². The minimum absolute atomic E-state index is 0.588. The maximum atomic E-state index is 6.27. The standard InChI is InChI=1S/C31H28N2O3/c1-3-4-5-6-19-34-23-13-11-22(12-14-23)31-33-27-18-16-24-25(29(27)36-31)15-17-26-28(24)35-30(32-26)21-9-7-20(2)8-10-21/h7-18H,3-6,19H2,1-2H3. The van der Waals surface area contributed by atoms with Crippen LogP contribution in [0, 0.1) is 6.92 Å². The quantitative estimate of drug-likeness (QED) is 0.206. The van der Waals surface area contributed by atoms with Crippen LogP contribution in [0.1, 0.15) is 38.2 Å². The van der Waals surface area contributed by atoms with E-state index >= 15 is 0 Å². The summed E-state index contributed by atoms with van der Waals surface area (Å²) in [6, 6.07) is 24.2. The molecule has 6 rings (SSSR count). The SMILES string of the molecule is CCCCCCOc1ccc(-c2nc3ccc4c(ccc5nc(-c6ccc(C)cc6)oc54)c3o2)cc1. The van der Waals surface area contributed by atoms with Crippen LogP contribution in [0.3, 0.4) is 0 Å². The lowest BCUT2D eigenvalue weighted by Gasteiger charge is -2.06. The summed E-state index contributed by atoms with van der Waals surface area (Å²) in [6.45, 7) is 5.03. The van der Waals surface area contributed by atoms with Crippen molar-refractivity contribution in [3.05, 3.63) is 78.4 Å². The molecule has 2 heterocycles. The number of rotatable bonds is 8. The number of hydrogen-bond donors (Lipinski definition) is 0. The molecule has 0 unspecified atom stereocenters. The first kappa shape index (κ1) is 22.4. The largest absolute Gasteiger partial charge is 0.494 e. The second-order valence-corrected chi connectivity index (χ2v) is 9.26. The Morgan fingerprint density at radius 3 is 1.75 bits per heavy atom. The van der Waals surface area contributed by atoms with E-state index in [0.717, 1.165) is 62.9 Å². The first-order valence-corrected chi connectivity index (χ1v) is 12.6. The molecule has 0 aliphatic carbocycles. The van der Waals surface area contributed by atoms with E-state index in [1.54, 1.807) is 0 Å². The summed E-state index contributed by atoms with van der Waals surface area (Å²) in [4.78, 5) is 9.46. The van der Waals surface area contributed by atoms with Crippen LogP contribution < -0.4 is 4.74 Å². The summed E-state index contributed by atoms with van der Waals surface area (Å²) in [5.41, 5.74) is 6.21. The summed E-state index contributed by atoms with van der Waals surface area (Å²) < 4.78 is 18.4. The van der Waals surface area contributed by atoms with E-state index in [4.69, 9.17) is 23.5 Å². The third kappa shape index (κ3) is 4.22. The number of nitrogens with zero attached hydrogens (tertiary/aromatic N) is 2. The summed E-state index contributed by atoms with van der Waals surface area (Å²) in [5, 5.41) is 1.91. The normalized spacial score (nSPS) is 11.6. The molecule has 0 fully saturated rings. The highest BCUT2D eigenvalue weighted by molar-refractivity contribution is 6.12. The zero-order valence-corrected chi connectivity index (χ0v) is 20.6. The summed E-state index contributed by atoms with van der Waals surface area (Å²) in [5.74, 6) is 2.07. The van der Waals surface area contributed by atoms with Crippen molar-refractivity contribution in [2.45, 2.75) is 39.5 Å². The Bertz CT molecular complexity index is 1640. The van der Waals surface area contributed by atoms with Crippen molar-refractivity contribution in [3.63, 3.8) is 0 Å². The Kier molecular flexibility index (Phi) is 5.90. The smallest absolute Gasteiger partial charge is 0.227 e. The maximum Gasteiger partial charge on any atom is 0.227 e. The van der Waals surface area contributed by atoms with E-state index in [1.807, 2.05) is 60.7 Å². The first-order valence-electron chi connectivity index (χ1n) is 12.6. The molecule has 2 aromatic heterocycles. The molecule has 0 saturated heterocycles. The van der Waals surface area contributed by atoms with Gasteiger partial charge < -0.3 is 13.6 Å². The van der Waals surface area contributed by atoms with Gasteiger partial charge in [0.1, 0.15) is 16.8 Å².